The molecule has 114 valence electrons. The van der Waals surface area contributed by atoms with Crippen LogP contribution in [0.3, 0.4) is 0 Å². The molecule has 0 amide bonds. The van der Waals surface area contributed by atoms with Gasteiger partial charge in [0.1, 0.15) is 10.8 Å². The molecule has 0 aliphatic carbocycles. The number of hydrogen-bond donors (Lipinski definition) is 1. The molecule has 1 saturated heterocycles. The molecule has 0 spiro atoms. The zero-order chi connectivity index (χ0) is 13.8. The summed E-state index contributed by atoms with van der Waals surface area (Å²) in [6, 6.07) is 8.30. The van der Waals surface area contributed by atoms with Crippen molar-refractivity contribution < 1.29 is 9.47 Å². The number of hydrogen-bond acceptors (Lipinski definition) is 5. The van der Waals surface area contributed by atoms with E-state index in [-0.39, 0.29) is 18.4 Å². The maximum atomic E-state index is 5.48. The summed E-state index contributed by atoms with van der Waals surface area (Å²) in [5, 5.41) is 6.62. The van der Waals surface area contributed by atoms with Crippen LogP contribution in [0.2, 0.25) is 0 Å². The van der Waals surface area contributed by atoms with Crippen LogP contribution in [0.15, 0.2) is 29.6 Å². The molecule has 1 fully saturated rings. The van der Waals surface area contributed by atoms with Crippen molar-refractivity contribution in [3.8, 4) is 17.0 Å². The van der Waals surface area contributed by atoms with Crippen molar-refractivity contribution in [3.05, 3.63) is 34.7 Å². The van der Waals surface area contributed by atoms with Crippen molar-refractivity contribution in [2.45, 2.75) is 13.0 Å². The first-order chi connectivity index (χ1) is 9.86. The second-order valence-electron chi connectivity index (χ2n) is 4.61. The molecule has 1 atom stereocenters. The molecular formula is C15H19ClN2O2S. The van der Waals surface area contributed by atoms with Gasteiger partial charge in [0, 0.05) is 17.5 Å². The predicted molar refractivity (Wildman–Crippen MR) is 87.5 cm³/mol. The van der Waals surface area contributed by atoms with Gasteiger partial charge in [-0.15, -0.1) is 23.7 Å². The number of aromatic nitrogens is 1. The summed E-state index contributed by atoms with van der Waals surface area (Å²) in [7, 11) is 0. The molecule has 1 aromatic heterocycles. The highest BCUT2D eigenvalue weighted by molar-refractivity contribution is 7.10. The van der Waals surface area contributed by atoms with E-state index in [0.29, 0.717) is 13.2 Å². The smallest absolute Gasteiger partial charge is 0.119 e. The van der Waals surface area contributed by atoms with Crippen LogP contribution in [0.5, 0.6) is 5.75 Å². The minimum absolute atomic E-state index is 0. The fraction of sp³-hybridized carbons (Fsp3) is 0.400. The number of nitrogens with one attached hydrogen (secondary N) is 1. The van der Waals surface area contributed by atoms with Crippen LogP contribution in [0.1, 0.15) is 18.0 Å². The van der Waals surface area contributed by atoms with Crippen LogP contribution < -0.4 is 10.1 Å². The number of benzene rings is 1. The van der Waals surface area contributed by atoms with Crippen molar-refractivity contribution in [1.29, 1.82) is 0 Å². The molecule has 1 N–H and O–H groups in total. The molecule has 2 heterocycles. The third-order valence-electron chi connectivity index (χ3n) is 3.20. The molecule has 1 aromatic carbocycles. The second kappa shape index (κ2) is 7.75. The van der Waals surface area contributed by atoms with E-state index in [1.807, 2.05) is 19.1 Å². The SMILES string of the molecule is CCOc1ccc(-c2csc(C3COCCN3)n2)cc1.Cl. The van der Waals surface area contributed by atoms with Crippen LogP contribution in [0, 0.1) is 0 Å². The fourth-order valence-corrected chi connectivity index (χ4v) is 3.08. The minimum atomic E-state index is 0. The lowest BCUT2D eigenvalue weighted by Gasteiger charge is -2.21. The molecule has 3 rings (SSSR count). The minimum Gasteiger partial charge on any atom is -0.494 e. The lowest BCUT2D eigenvalue weighted by Crippen LogP contribution is -2.34. The Kier molecular flexibility index (Phi) is 5.99. The summed E-state index contributed by atoms with van der Waals surface area (Å²) in [4.78, 5) is 4.72. The molecule has 0 bridgehead atoms. The van der Waals surface area contributed by atoms with Gasteiger partial charge in [-0.2, -0.15) is 0 Å². The van der Waals surface area contributed by atoms with E-state index >= 15 is 0 Å². The standard InChI is InChI=1S/C15H18N2O2S.ClH/c1-2-19-12-5-3-11(4-6-12)14-10-20-15(17-14)13-9-18-8-7-16-13;/h3-6,10,13,16H,2,7-9H2,1H3;1H. The van der Waals surface area contributed by atoms with Gasteiger partial charge in [-0.05, 0) is 31.2 Å². The number of morpholine rings is 1. The zero-order valence-corrected chi connectivity index (χ0v) is 13.5. The number of ether oxygens (including phenoxy) is 2. The van der Waals surface area contributed by atoms with Crippen molar-refractivity contribution >= 4 is 23.7 Å². The van der Waals surface area contributed by atoms with Gasteiger partial charge in [-0.3, -0.25) is 0 Å². The maximum absolute atomic E-state index is 5.48. The first-order valence-electron chi connectivity index (χ1n) is 6.86. The summed E-state index contributed by atoms with van der Waals surface area (Å²) in [5.74, 6) is 0.897. The fourth-order valence-electron chi connectivity index (χ4n) is 2.19. The summed E-state index contributed by atoms with van der Waals surface area (Å²) < 4.78 is 10.9. The molecule has 1 aliphatic rings. The zero-order valence-electron chi connectivity index (χ0n) is 11.9. The average molecular weight is 327 g/mol. The number of rotatable bonds is 4. The molecule has 1 aliphatic heterocycles. The van der Waals surface area contributed by atoms with Gasteiger partial charge >= 0.3 is 0 Å². The normalized spacial score (nSPS) is 18.0. The lowest BCUT2D eigenvalue weighted by molar-refractivity contribution is 0.0768. The van der Waals surface area contributed by atoms with Gasteiger partial charge in [0.15, 0.2) is 0 Å². The van der Waals surface area contributed by atoms with Gasteiger partial charge in [-0.1, -0.05) is 0 Å². The molecule has 1 unspecified atom stereocenters. The molecule has 2 aromatic rings. The average Bonchev–Trinajstić information content (AvgIpc) is 2.99. The van der Waals surface area contributed by atoms with Crippen molar-refractivity contribution in [3.63, 3.8) is 0 Å². The monoisotopic (exact) mass is 326 g/mol. The Hall–Kier alpha value is -1.14. The first-order valence-corrected chi connectivity index (χ1v) is 7.74. The maximum Gasteiger partial charge on any atom is 0.119 e. The van der Waals surface area contributed by atoms with Crippen molar-refractivity contribution in [2.24, 2.45) is 0 Å². The third kappa shape index (κ3) is 3.95. The molecule has 0 radical (unpaired) electrons. The Morgan fingerprint density at radius 1 is 1.38 bits per heavy atom. The summed E-state index contributed by atoms with van der Waals surface area (Å²) >= 11 is 1.68. The van der Waals surface area contributed by atoms with Gasteiger partial charge in [0.2, 0.25) is 0 Å². The van der Waals surface area contributed by atoms with Crippen LogP contribution >= 0.6 is 23.7 Å². The Morgan fingerprint density at radius 3 is 2.86 bits per heavy atom. The van der Waals surface area contributed by atoms with E-state index < -0.39 is 0 Å². The topological polar surface area (TPSA) is 43.4 Å². The number of halogens is 1. The Morgan fingerprint density at radius 2 is 2.19 bits per heavy atom. The number of nitrogens with zero attached hydrogens (tertiary/aromatic N) is 1. The van der Waals surface area contributed by atoms with Crippen LogP contribution in [0.4, 0.5) is 0 Å². The Bertz CT molecular complexity index is 553. The van der Waals surface area contributed by atoms with E-state index in [0.717, 1.165) is 35.2 Å². The molecule has 4 nitrogen and oxygen atoms in total. The van der Waals surface area contributed by atoms with Crippen molar-refractivity contribution in [1.82, 2.24) is 10.3 Å². The van der Waals surface area contributed by atoms with Gasteiger partial charge in [0.25, 0.3) is 0 Å². The predicted octanol–water partition coefficient (Wildman–Crippen LogP) is 3.29. The summed E-state index contributed by atoms with van der Waals surface area (Å²) in [5.41, 5.74) is 2.13. The van der Waals surface area contributed by atoms with E-state index in [1.54, 1.807) is 11.3 Å². The van der Waals surface area contributed by atoms with Gasteiger partial charge in [-0.25, -0.2) is 4.98 Å². The van der Waals surface area contributed by atoms with Gasteiger partial charge < -0.3 is 14.8 Å². The lowest BCUT2D eigenvalue weighted by atomic mass is 10.2. The first kappa shape index (κ1) is 16.2. The van der Waals surface area contributed by atoms with Crippen LogP contribution in [0.25, 0.3) is 11.3 Å². The molecule has 21 heavy (non-hydrogen) atoms. The highest BCUT2D eigenvalue weighted by Crippen LogP contribution is 2.27. The van der Waals surface area contributed by atoms with E-state index in [9.17, 15) is 0 Å². The molecule has 0 saturated carbocycles. The summed E-state index contributed by atoms with van der Waals surface area (Å²) in [6.07, 6.45) is 0. The largest absolute Gasteiger partial charge is 0.494 e. The van der Waals surface area contributed by atoms with E-state index in [1.165, 1.54) is 0 Å². The van der Waals surface area contributed by atoms with Gasteiger partial charge in [0.05, 0.1) is 31.6 Å². The highest BCUT2D eigenvalue weighted by Gasteiger charge is 2.18. The Balaban J connectivity index is 0.00000161. The van der Waals surface area contributed by atoms with Crippen LogP contribution in [-0.4, -0.2) is 31.3 Å². The quantitative estimate of drug-likeness (QED) is 0.936. The van der Waals surface area contributed by atoms with E-state index in [4.69, 9.17) is 14.5 Å². The number of thiazole rings is 1. The summed E-state index contributed by atoms with van der Waals surface area (Å²) in [6.45, 7) is 5.06. The van der Waals surface area contributed by atoms with Crippen molar-refractivity contribution in [2.75, 3.05) is 26.4 Å². The molecule has 6 heteroatoms. The molecular weight excluding hydrogens is 308 g/mol. The third-order valence-corrected chi connectivity index (χ3v) is 4.16. The van der Waals surface area contributed by atoms with Crippen LogP contribution in [-0.2, 0) is 4.74 Å². The highest BCUT2D eigenvalue weighted by atomic mass is 35.5. The van der Waals surface area contributed by atoms with E-state index in [2.05, 4.69) is 22.8 Å². The Labute approximate surface area is 134 Å². The second-order valence-corrected chi connectivity index (χ2v) is 5.50.